The van der Waals surface area contributed by atoms with Crippen molar-refractivity contribution in [2.45, 2.75) is 67.0 Å². The van der Waals surface area contributed by atoms with E-state index in [0.717, 1.165) is 17.7 Å². The van der Waals surface area contributed by atoms with Crippen molar-refractivity contribution in [1.29, 1.82) is 0 Å². The van der Waals surface area contributed by atoms with Crippen LogP contribution in [0.3, 0.4) is 0 Å². The van der Waals surface area contributed by atoms with E-state index in [1.165, 1.54) is 6.07 Å². The van der Waals surface area contributed by atoms with Gasteiger partial charge < -0.3 is 20.4 Å². The Morgan fingerprint density at radius 2 is 1.71 bits per heavy atom. The highest BCUT2D eigenvalue weighted by molar-refractivity contribution is 6.05. The number of anilines is 3. The maximum Gasteiger partial charge on any atom is 0.254 e. The largest absolute Gasteiger partial charge is 0.464 e. The Bertz CT molecular complexity index is 1360. The molecule has 8 heteroatoms. The van der Waals surface area contributed by atoms with Crippen molar-refractivity contribution in [2.75, 3.05) is 10.6 Å². The number of hydrogen-bond acceptors (Lipinski definition) is 6. The van der Waals surface area contributed by atoms with E-state index < -0.39 is 28.6 Å². The van der Waals surface area contributed by atoms with Crippen LogP contribution in [0.5, 0.6) is 0 Å². The molecule has 7 nitrogen and oxygen atoms in total. The van der Waals surface area contributed by atoms with E-state index in [2.05, 4.69) is 16.0 Å². The molecule has 1 amide bonds. The smallest absolute Gasteiger partial charge is 0.254 e. The summed E-state index contributed by atoms with van der Waals surface area (Å²) in [6, 6.07) is 2.55. The topological polar surface area (TPSA) is 100 Å². The number of aryl methyl sites for hydroxylation is 3. The molecule has 0 radical (unpaired) electrons. The van der Waals surface area contributed by atoms with E-state index in [0.29, 0.717) is 16.9 Å². The maximum absolute atomic E-state index is 15.0. The zero-order valence-electron chi connectivity index (χ0n) is 20.5. The molecule has 0 saturated heterocycles. The van der Waals surface area contributed by atoms with Crippen molar-refractivity contribution in [3.05, 3.63) is 72.2 Å². The third kappa shape index (κ3) is 3.61. The number of benzene rings is 1. The molecule has 1 aromatic heterocycles. The van der Waals surface area contributed by atoms with Crippen LogP contribution in [0.25, 0.3) is 0 Å². The summed E-state index contributed by atoms with van der Waals surface area (Å²) in [6.45, 7) is 13.5. The standard InChI is InChI=1S/C26H30FN3O4/c1-8-26(6,7)24(16-10-11(2)14(5)34-16)30-21-20(22(31)23(21)32)29-19-15(27)9-12(3)17-13(4)28-25(33)18(17)19/h9-10,13,24,29-30H,8H2,1-7H3,(H,28,33)/t13-,24-/m0/s1. The molecule has 0 aliphatic carbocycles. The van der Waals surface area contributed by atoms with Gasteiger partial charge >= 0.3 is 0 Å². The van der Waals surface area contributed by atoms with Crippen LogP contribution in [0, 0.1) is 32.0 Å². The van der Waals surface area contributed by atoms with Gasteiger partial charge in [-0.15, -0.1) is 0 Å². The van der Waals surface area contributed by atoms with Gasteiger partial charge in [0.1, 0.15) is 28.7 Å². The second-order valence-electron chi connectivity index (χ2n) is 9.87. The van der Waals surface area contributed by atoms with Crippen LogP contribution in [0.4, 0.5) is 21.5 Å². The molecule has 0 saturated carbocycles. The third-order valence-electron chi connectivity index (χ3n) is 7.15. The minimum absolute atomic E-state index is 0.0563. The van der Waals surface area contributed by atoms with E-state index in [-0.39, 0.29) is 34.1 Å². The molecular formula is C26H30FN3O4. The van der Waals surface area contributed by atoms with Crippen molar-refractivity contribution in [3.8, 4) is 0 Å². The van der Waals surface area contributed by atoms with E-state index in [4.69, 9.17) is 4.42 Å². The molecule has 0 unspecified atom stereocenters. The van der Waals surface area contributed by atoms with Gasteiger partial charge in [-0.05, 0) is 68.4 Å². The molecule has 2 aromatic carbocycles. The SMILES string of the molecule is CCC(C)(C)[C@@H](Nc1c(Nc2c(F)cc(C)c3c2C(=O)N[C@H]3C)c(=O)c1=O)c1cc(C)c(C)o1. The van der Waals surface area contributed by atoms with Gasteiger partial charge in [-0.3, -0.25) is 14.4 Å². The molecule has 3 N–H and O–H groups in total. The highest BCUT2D eigenvalue weighted by Gasteiger charge is 2.37. The van der Waals surface area contributed by atoms with Crippen molar-refractivity contribution < 1.29 is 13.6 Å². The van der Waals surface area contributed by atoms with Gasteiger partial charge in [-0.2, -0.15) is 0 Å². The van der Waals surface area contributed by atoms with Crippen molar-refractivity contribution in [3.63, 3.8) is 0 Å². The first-order valence-corrected chi connectivity index (χ1v) is 11.4. The lowest BCUT2D eigenvalue weighted by molar-refractivity contribution is 0.0959. The number of furan rings is 1. The van der Waals surface area contributed by atoms with Gasteiger partial charge in [0.25, 0.3) is 16.8 Å². The molecule has 0 spiro atoms. The fourth-order valence-electron chi connectivity index (χ4n) is 4.57. The number of carbonyl (C=O) groups is 1. The molecule has 2 atom stereocenters. The van der Waals surface area contributed by atoms with Crippen LogP contribution in [-0.4, -0.2) is 5.91 Å². The van der Waals surface area contributed by atoms with Crippen LogP contribution >= 0.6 is 0 Å². The molecule has 1 aliphatic heterocycles. The molecule has 180 valence electrons. The lowest BCUT2D eigenvalue weighted by Gasteiger charge is -2.34. The number of amides is 1. The van der Waals surface area contributed by atoms with Crippen molar-refractivity contribution >= 4 is 23.0 Å². The monoisotopic (exact) mass is 467 g/mol. The lowest BCUT2D eigenvalue weighted by atomic mass is 9.80. The quantitative estimate of drug-likeness (QED) is 0.419. The average Bonchev–Trinajstić information content (AvgIpc) is 3.26. The number of rotatable bonds is 7. The van der Waals surface area contributed by atoms with Crippen molar-refractivity contribution in [1.82, 2.24) is 5.32 Å². The first-order chi connectivity index (χ1) is 15.9. The first kappa shape index (κ1) is 23.7. The zero-order chi connectivity index (χ0) is 25.1. The first-order valence-electron chi connectivity index (χ1n) is 11.4. The number of hydrogen-bond donors (Lipinski definition) is 3. The fourth-order valence-corrected chi connectivity index (χ4v) is 4.57. The van der Waals surface area contributed by atoms with Gasteiger partial charge in [0.05, 0.1) is 23.3 Å². The lowest BCUT2D eigenvalue weighted by Crippen LogP contribution is -2.40. The molecule has 34 heavy (non-hydrogen) atoms. The number of fused-ring (bicyclic) bond motifs is 1. The summed E-state index contributed by atoms with van der Waals surface area (Å²) in [5, 5.41) is 8.76. The minimum atomic E-state index is -0.762. The van der Waals surface area contributed by atoms with Gasteiger partial charge in [0.2, 0.25) is 0 Å². The van der Waals surface area contributed by atoms with E-state index in [1.807, 2.05) is 47.6 Å². The van der Waals surface area contributed by atoms with Crippen LogP contribution in [0.1, 0.15) is 84.8 Å². The Morgan fingerprint density at radius 3 is 2.29 bits per heavy atom. The summed E-state index contributed by atoms with van der Waals surface area (Å²) in [7, 11) is 0. The van der Waals surface area contributed by atoms with Crippen LogP contribution in [0.15, 0.2) is 26.1 Å². The Hall–Kier alpha value is -3.42. The minimum Gasteiger partial charge on any atom is -0.464 e. The van der Waals surface area contributed by atoms with E-state index in [1.54, 1.807) is 6.92 Å². The van der Waals surface area contributed by atoms with Gasteiger partial charge in [-0.1, -0.05) is 20.8 Å². The summed E-state index contributed by atoms with van der Waals surface area (Å²) in [4.78, 5) is 37.7. The fraction of sp³-hybridized carbons (Fsp3) is 0.423. The predicted molar refractivity (Wildman–Crippen MR) is 130 cm³/mol. The normalized spacial score (nSPS) is 16.5. The number of halogens is 1. The molecule has 1 aliphatic rings. The summed E-state index contributed by atoms with van der Waals surface area (Å²) < 4.78 is 21.0. The maximum atomic E-state index is 15.0. The number of carbonyl (C=O) groups excluding carboxylic acids is 1. The molecule has 0 fully saturated rings. The summed E-state index contributed by atoms with van der Waals surface area (Å²) in [5.41, 5.74) is 0.565. The van der Waals surface area contributed by atoms with Crippen LogP contribution in [0.2, 0.25) is 0 Å². The molecule has 0 bridgehead atoms. The Morgan fingerprint density at radius 1 is 1.06 bits per heavy atom. The van der Waals surface area contributed by atoms with Gasteiger partial charge in [-0.25, -0.2) is 4.39 Å². The van der Waals surface area contributed by atoms with E-state index >= 15 is 0 Å². The Balaban J connectivity index is 1.77. The second kappa shape index (κ2) is 8.11. The van der Waals surface area contributed by atoms with Gasteiger partial charge in [0.15, 0.2) is 0 Å². The third-order valence-corrected chi connectivity index (χ3v) is 7.15. The highest BCUT2D eigenvalue weighted by atomic mass is 19.1. The summed E-state index contributed by atoms with van der Waals surface area (Å²) >= 11 is 0. The zero-order valence-corrected chi connectivity index (χ0v) is 20.5. The van der Waals surface area contributed by atoms with Crippen molar-refractivity contribution in [2.24, 2.45) is 5.41 Å². The highest BCUT2D eigenvalue weighted by Crippen LogP contribution is 2.42. The molecular weight excluding hydrogens is 437 g/mol. The van der Waals surface area contributed by atoms with Crippen LogP contribution in [-0.2, 0) is 0 Å². The second-order valence-corrected chi connectivity index (χ2v) is 9.87. The molecule has 3 aromatic rings. The molecule has 2 heterocycles. The Labute approximate surface area is 197 Å². The van der Waals surface area contributed by atoms with E-state index in [9.17, 15) is 18.8 Å². The predicted octanol–water partition coefficient (Wildman–Crippen LogP) is 5.08. The number of nitrogens with one attached hydrogen (secondary N) is 3. The van der Waals surface area contributed by atoms with Crippen LogP contribution < -0.4 is 26.8 Å². The average molecular weight is 468 g/mol. The summed E-state index contributed by atoms with van der Waals surface area (Å²) in [6.07, 6.45) is 0.764. The molecule has 4 rings (SSSR count). The summed E-state index contributed by atoms with van der Waals surface area (Å²) in [5.74, 6) is 0.334. The Kier molecular flexibility index (Phi) is 5.66. The van der Waals surface area contributed by atoms with Gasteiger partial charge in [0, 0.05) is 0 Å².